The van der Waals surface area contributed by atoms with Gasteiger partial charge in [-0.1, -0.05) is 0 Å². The van der Waals surface area contributed by atoms with E-state index in [1.54, 1.807) is 13.8 Å². The Bertz CT molecular complexity index is 404. The Morgan fingerprint density at radius 3 is 2.62 bits per heavy atom. The van der Waals surface area contributed by atoms with Crippen molar-refractivity contribution >= 4 is 11.6 Å². The number of carbonyl (C=O) groups is 1. The molecule has 0 saturated heterocycles. The number of ether oxygens (including phenoxy) is 1. The van der Waals surface area contributed by atoms with E-state index < -0.39 is 17.3 Å². The summed E-state index contributed by atoms with van der Waals surface area (Å²) in [7, 11) is 1.40. The zero-order chi connectivity index (χ0) is 12.3. The van der Waals surface area contributed by atoms with Crippen LogP contribution in [0.2, 0.25) is 0 Å². The Kier molecular flexibility index (Phi) is 3.49. The van der Waals surface area contributed by atoms with Crippen LogP contribution in [-0.4, -0.2) is 23.7 Å². The average molecular weight is 227 g/mol. The highest BCUT2D eigenvalue weighted by Crippen LogP contribution is 2.21. The molecule has 1 aromatic rings. The van der Waals surface area contributed by atoms with Gasteiger partial charge in [0.25, 0.3) is 5.91 Å². The minimum atomic E-state index is -1.04. The fourth-order valence-corrected chi connectivity index (χ4v) is 0.971. The van der Waals surface area contributed by atoms with Gasteiger partial charge in [0.05, 0.1) is 5.69 Å². The number of benzene rings is 1. The first-order chi connectivity index (χ1) is 7.36. The molecular weight excluding hydrogens is 213 g/mol. The van der Waals surface area contributed by atoms with Crippen LogP contribution >= 0.6 is 0 Å². The lowest BCUT2D eigenvalue weighted by atomic mass is 10.1. The van der Waals surface area contributed by atoms with Crippen molar-refractivity contribution in [3.05, 3.63) is 24.0 Å². The third-order valence-corrected chi connectivity index (χ3v) is 2.26. The molecule has 0 aliphatic rings. The Morgan fingerprint density at radius 1 is 1.50 bits per heavy atom. The molecule has 0 fully saturated rings. The van der Waals surface area contributed by atoms with Gasteiger partial charge >= 0.3 is 0 Å². The third kappa shape index (κ3) is 2.70. The Hall–Kier alpha value is -1.62. The molecule has 1 rings (SSSR count). The number of nitrogens with one attached hydrogen (secondary N) is 1. The zero-order valence-corrected chi connectivity index (χ0v) is 9.37. The monoisotopic (exact) mass is 227 g/mol. The summed E-state index contributed by atoms with van der Waals surface area (Å²) in [4.78, 5) is 11.6. The Labute approximate surface area is 93.0 Å². The number of amides is 1. The van der Waals surface area contributed by atoms with Crippen molar-refractivity contribution in [3.63, 3.8) is 0 Å². The molecule has 0 atom stereocenters. The summed E-state index contributed by atoms with van der Waals surface area (Å²) in [6.45, 7) is 3.14. The number of phenols is 1. The largest absolute Gasteiger partial charge is 0.508 e. The number of anilines is 1. The quantitative estimate of drug-likeness (QED) is 0.775. The highest BCUT2D eigenvalue weighted by molar-refractivity contribution is 5.96. The summed E-state index contributed by atoms with van der Waals surface area (Å²) in [5.41, 5.74) is -1.03. The van der Waals surface area contributed by atoms with Crippen molar-refractivity contribution in [2.45, 2.75) is 19.4 Å². The Balaban J connectivity index is 2.85. The van der Waals surface area contributed by atoms with Crippen molar-refractivity contribution in [2.24, 2.45) is 0 Å². The van der Waals surface area contributed by atoms with E-state index >= 15 is 0 Å². The van der Waals surface area contributed by atoms with Gasteiger partial charge in [0, 0.05) is 13.2 Å². The minimum Gasteiger partial charge on any atom is -0.508 e. The predicted octanol–water partition coefficient (Wildman–Crippen LogP) is 1.89. The lowest BCUT2D eigenvalue weighted by Crippen LogP contribution is -2.39. The summed E-state index contributed by atoms with van der Waals surface area (Å²) in [6, 6.07) is 3.50. The molecule has 5 heteroatoms. The highest BCUT2D eigenvalue weighted by Gasteiger charge is 2.27. The molecule has 0 bridgehead atoms. The van der Waals surface area contributed by atoms with Crippen LogP contribution in [-0.2, 0) is 9.53 Å². The van der Waals surface area contributed by atoms with Crippen molar-refractivity contribution < 1.29 is 19.0 Å². The topological polar surface area (TPSA) is 58.6 Å². The van der Waals surface area contributed by atoms with Crippen LogP contribution in [0.4, 0.5) is 10.1 Å². The van der Waals surface area contributed by atoms with Crippen LogP contribution in [0.5, 0.6) is 5.75 Å². The molecule has 0 heterocycles. The second-order valence-corrected chi connectivity index (χ2v) is 3.83. The van der Waals surface area contributed by atoms with Crippen LogP contribution in [0.3, 0.4) is 0 Å². The lowest BCUT2D eigenvalue weighted by Gasteiger charge is -2.21. The first-order valence-corrected chi connectivity index (χ1v) is 4.72. The zero-order valence-electron chi connectivity index (χ0n) is 9.37. The van der Waals surface area contributed by atoms with Crippen LogP contribution in [0, 0.1) is 5.82 Å². The van der Waals surface area contributed by atoms with Crippen LogP contribution < -0.4 is 5.32 Å². The van der Waals surface area contributed by atoms with Crippen LogP contribution in [0.25, 0.3) is 0 Å². The first-order valence-electron chi connectivity index (χ1n) is 4.72. The van der Waals surface area contributed by atoms with Crippen molar-refractivity contribution in [3.8, 4) is 5.75 Å². The Morgan fingerprint density at radius 2 is 2.12 bits per heavy atom. The van der Waals surface area contributed by atoms with Crippen LogP contribution in [0.1, 0.15) is 13.8 Å². The molecule has 0 saturated carbocycles. The first kappa shape index (κ1) is 12.4. The van der Waals surface area contributed by atoms with Gasteiger partial charge in [-0.2, -0.15) is 0 Å². The van der Waals surface area contributed by atoms with E-state index in [0.717, 1.165) is 6.07 Å². The highest BCUT2D eigenvalue weighted by atomic mass is 19.1. The van der Waals surface area contributed by atoms with Gasteiger partial charge in [-0.25, -0.2) is 4.39 Å². The average Bonchev–Trinajstić information content (AvgIpc) is 2.22. The molecular formula is C11H14FNO3. The number of hydrogen-bond donors (Lipinski definition) is 2. The maximum absolute atomic E-state index is 13.3. The standard InChI is InChI=1S/C11H14FNO3/c1-11(2,16-3)10(15)13-9-5-4-7(14)6-8(9)12/h4-6,14H,1-3H3,(H,13,15). The number of rotatable bonds is 3. The number of aromatic hydroxyl groups is 1. The number of hydrogen-bond acceptors (Lipinski definition) is 3. The lowest BCUT2D eigenvalue weighted by molar-refractivity contribution is -0.133. The second kappa shape index (κ2) is 4.49. The van der Waals surface area contributed by atoms with E-state index in [4.69, 9.17) is 9.84 Å². The van der Waals surface area contributed by atoms with Gasteiger partial charge in [0.15, 0.2) is 0 Å². The van der Waals surface area contributed by atoms with E-state index in [-0.39, 0.29) is 11.4 Å². The van der Waals surface area contributed by atoms with E-state index in [1.807, 2.05) is 0 Å². The van der Waals surface area contributed by atoms with Crippen LogP contribution in [0.15, 0.2) is 18.2 Å². The molecule has 0 unspecified atom stereocenters. The number of phenolic OH excluding ortho intramolecular Hbond substituents is 1. The summed E-state index contributed by atoms with van der Waals surface area (Å²) < 4.78 is 18.2. The van der Waals surface area contributed by atoms with Gasteiger partial charge in [0.2, 0.25) is 0 Å². The molecule has 1 amide bonds. The molecule has 4 nitrogen and oxygen atoms in total. The summed E-state index contributed by atoms with van der Waals surface area (Å²) >= 11 is 0. The second-order valence-electron chi connectivity index (χ2n) is 3.83. The predicted molar refractivity (Wildman–Crippen MR) is 57.8 cm³/mol. The molecule has 16 heavy (non-hydrogen) atoms. The van der Waals surface area contributed by atoms with Gasteiger partial charge in [-0.05, 0) is 26.0 Å². The SMILES string of the molecule is COC(C)(C)C(=O)Nc1ccc(O)cc1F. The van der Waals surface area contributed by atoms with Crippen molar-refractivity contribution in [1.29, 1.82) is 0 Å². The summed E-state index contributed by atoms with van der Waals surface area (Å²) in [5.74, 6) is -1.35. The van der Waals surface area contributed by atoms with Crippen molar-refractivity contribution in [1.82, 2.24) is 0 Å². The molecule has 1 aromatic carbocycles. The molecule has 2 N–H and O–H groups in total. The third-order valence-electron chi connectivity index (χ3n) is 2.26. The molecule has 0 aliphatic carbocycles. The number of halogens is 1. The fourth-order valence-electron chi connectivity index (χ4n) is 0.971. The molecule has 0 aromatic heterocycles. The fraction of sp³-hybridized carbons (Fsp3) is 0.364. The van der Waals surface area contributed by atoms with E-state index in [9.17, 15) is 9.18 Å². The molecule has 0 radical (unpaired) electrons. The summed E-state index contributed by atoms with van der Waals surface area (Å²) in [5, 5.41) is 11.4. The number of methoxy groups -OCH3 is 1. The van der Waals surface area contributed by atoms with Gasteiger partial charge in [-0.15, -0.1) is 0 Å². The van der Waals surface area contributed by atoms with Gasteiger partial charge in [0.1, 0.15) is 17.2 Å². The summed E-state index contributed by atoms with van der Waals surface area (Å²) in [6.07, 6.45) is 0. The molecule has 0 aliphatic heterocycles. The van der Waals surface area contributed by atoms with E-state index in [2.05, 4.69) is 5.32 Å². The maximum atomic E-state index is 13.3. The molecule has 88 valence electrons. The van der Waals surface area contributed by atoms with E-state index in [1.165, 1.54) is 19.2 Å². The minimum absolute atomic E-state index is 0.00734. The maximum Gasteiger partial charge on any atom is 0.256 e. The molecule has 0 spiro atoms. The number of carbonyl (C=O) groups excluding carboxylic acids is 1. The van der Waals surface area contributed by atoms with Crippen molar-refractivity contribution in [2.75, 3.05) is 12.4 Å². The smallest absolute Gasteiger partial charge is 0.256 e. The van der Waals surface area contributed by atoms with E-state index in [0.29, 0.717) is 0 Å². The van der Waals surface area contributed by atoms with Gasteiger partial charge < -0.3 is 15.2 Å². The normalized spacial score (nSPS) is 11.2. The van der Waals surface area contributed by atoms with Gasteiger partial charge in [-0.3, -0.25) is 4.79 Å².